The van der Waals surface area contributed by atoms with Gasteiger partial charge in [-0.2, -0.15) is 0 Å². The second-order valence-electron chi connectivity index (χ2n) is 5.66. The number of carbonyl (C=O) groups excluding carboxylic acids is 1. The van der Waals surface area contributed by atoms with Crippen LogP contribution in [0.2, 0.25) is 0 Å². The van der Waals surface area contributed by atoms with E-state index in [-0.39, 0.29) is 6.10 Å². The van der Waals surface area contributed by atoms with Gasteiger partial charge in [-0.25, -0.2) is 4.79 Å². The first-order chi connectivity index (χ1) is 9.22. The van der Waals surface area contributed by atoms with E-state index >= 15 is 0 Å². The van der Waals surface area contributed by atoms with Crippen LogP contribution in [0, 0.1) is 11.8 Å². The van der Waals surface area contributed by atoms with Crippen molar-refractivity contribution in [1.29, 1.82) is 0 Å². The van der Waals surface area contributed by atoms with Crippen LogP contribution in [-0.4, -0.2) is 30.2 Å². The van der Waals surface area contributed by atoms with Crippen LogP contribution in [0.1, 0.15) is 18.4 Å². The Morgan fingerprint density at radius 2 is 2.05 bits per heavy atom. The molecule has 1 saturated carbocycles. The monoisotopic (exact) mass is 260 g/mol. The maximum atomic E-state index is 10.9. The Hall–Kier alpha value is -1.55. The van der Waals surface area contributed by atoms with Crippen LogP contribution < -0.4 is 5.73 Å². The summed E-state index contributed by atoms with van der Waals surface area (Å²) in [5.41, 5.74) is 6.48. The van der Waals surface area contributed by atoms with Crippen molar-refractivity contribution in [2.45, 2.75) is 25.5 Å². The van der Waals surface area contributed by atoms with E-state index in [2.05, 4.69) is 29.2 Å². The van der Waals surface area contributed by atoms with E-state index in [9.17, 15) is 4.79 Å². The number of ether oxygens (including phenoxy) is 1. The lowest BCUT2D eigenvalue weighted by Crippen LogP contribution is -2.30. The molecule has 1 aromatic rings. The SMILES string of the molecule is NC(=O)OC1CCC2CN(Cc3ccccc3)CC21. The second-order valence-corrected chi connectivity index (χ2v) is 5.66. The quantitative estimate of drug-likeness (QED) is 0.904. The zero-order valence-corrected chi connectivity index (χ0v) is 11.0. The van der Waals surface area contributed by atoms with Crippen LogP contribution >= 0.6 is 0 Å². The number of carbonyl (C=O) groups is 1. The largest absolute Gasteiger partial charge is 0.446 e. The maximum Gasteiger partial charge on any atom is 0.404 e. The molecule has 0 bridgehead atoms. The van der Waals surface area contributed by atoms with Gasteiger partial charge in [-0.05, 0) is 24.3 Å². The average molecular weight is 260 g/mol. The van der Waals surface area contributed by atoms with Crippen molar-refractivity contribution in [2.24, 2.45) is 17.6 Å². The van der Waals surface area contributed by atoms with Gasteiger partial charge in [0.15, 0.2) is 0 Å². The highest BCUT2D eigenvalue weighted by atomic mass is 16.6. The van der Waals surface area contributed by atoms with Gasteiger partial charge >= 0.3 is 6.09 Å². The molecule has 1 heterocycles. The normalized spacial score (nSPS) is 30.2. The highest BCUT2D eigenvalue weighted by molar-refractivity contribution is 5.64. The summed E-state index contributed by atoms with van der Waals surface area (Å²) in [4.78, 5) is 13.4. The lowest BCUT2D eigenvalue weighted by atomic mass is 9.99. The van der Waals surface area contributed by atoms with Gasteiger partial charge in [0.25, 0.3) is 0 Å². The van der Waals surface area contributed by atoms with Gasteiger partial charge < -0.3 is 10.5 Å². The van der Waals surface area contributed by atoms with E-state index in [4.69, 9.17) is 10.5 Å². The minimum atomic E-state index is -0.632. The summed E-state index contributed by atoms with van der Waals surface area (Å²) in [5, 5.41) is 0. The van der Waals surface area contributed by atoms with Gasteiger partial charge in [-0.15, -0.1) is 0 Å². The van der Waals surface area contributed by atoms with E-state index < -0.39 is 6.09 Å². The summed E-state index contributed by atoms with van der Waals surface area (Å²) in [7, 11) is 0. The number of nitrogens with two attached hydrogens (primary N) is 1. The molecule has 102 valence electrons. The lowest BCUT2D eigenvalue weighted by molar-refractivity contribution is 0.0790. The Morgan fingerprint density at radius 1 is 1.26 bits per heavy atom. The summed E-state index contributed by atoms with van der Waals surface area (Å²) < 4.78 is 5.24. The molecule has 1 aliphatic heterocycles. The standard InChI is InChI=1S/C15H20N2O2/c16-15(18)19-14-7-6-12-9-17(10-13(12)14)8-11-4-2-1-3-5-11/h1-5,12-14H,6-10H2,(H2,16,18). The van der Waals surface area contributed by atoms with Crippen LogP contribution in [-0.2, 0) is 11.3 Å². The number of amides is 1. The molecule has 4 nitrogen and oxygen atoms in total. The molecule has 1 aliphatic carbocycles. The van der Waals surface area contributed by atoms with E-state index in [1.54, 1.807) is 0 Å². The van der Waals surface area contributed by atoms with Crippen LogP contribution in [0.15, 0.2) is 30.3 Å². The molecule has 1 amide bonds. The minimum absolute atomic E-state index is 0.0308. The van der Waals surface area contributed by atoms with Gasteiger partial charge in [0.1, 0.15) is 6.10 Å². The lowest BCUT2D eigenvalue weighted by Gasteiger charge is -2.20. The third-order valence-electron chi connectivity index (χ3n) is 4.38. The number of primary amides is 1. The Morgan fingerprint density at radius 3 is 2.79 bits per heavy atom. The maximum absolute atomic E-state index is 10.9. The summed E-state index contributed by atoms with van der Waals surface area (Å²) in [5.74, 6) is 1.13. The van der Waals surface area contributed by atoms with E-state index in [1.807, 2.05) is 6.07 Å². The first-order valence-electron chi connectivity index (χ1n) is 6.95. The third kappa shape index (κ3) is 2.73. The molecule has 19 heavy (non-hydrogen) atoms. The summed E-state index contributed by atoms with van der Waals surface area (Å²) in [6.45, 7) is 3.10. The summed E-state index contributed by atoms with van der Waals surface area (Å²) in [6.07, 6.45) is 1.51. The van der Waals surface area contributed by atoms with Gasteiger partial charge in [-0.3, -0.25) is 4.90 Å². The fourth-order valence-electron chi connectivity index (χ4n) is 3.57. The van der Waals surface area contributed by atoms with Crippen molar-refractivity contribution in [3.8, 4) is 0 Å². The average Bonchev–Trinajstić information content (AvgIpc) is 2.92. The van der Waals surface area contributed by atoms with Crippen molar-refractivity contribution in [3.05, 3.63) is 35.9 Å². The van der Waals surface area contributed by atoms with Gasteiger partial charge in [-0.1, -0.05) is 30.3 Å². The van der Waals surface area contributed by atoms with E-state index in [0.717, 1.165) is 32.5 Å². The molecule has 2 N–H and O–H groups in total. The molecule has 3 atom stereocenters. The summed E-state index contributed by atoms with van der Waals surface area (Å²) in [6, 6.07) is 10.5. The highest BCUT2D eigenvalue weighted by Crippen LogP contribution is 2.40. The Bertz CT molecular complexity index is 449. The van der Waals surface area contributed by atoms with E-state index in [1.165, 1.54) is 5.56 Å². The van der Waals surface area contributed by atoms with Gasteiger partial charge in [0.2, 0.25) is 0 Å². The number of likely N-dealkylation sites (tertiary alicyclic amines) is 1. The molecule has 0 radical (unpaired) electrons. The molecule has 1 aromatic carbocycles. The zero-order chi connectivity index (χ0) is 13.2. The Labute approximate surface area is 113 Å². The molecule has 0 aromatic heterocycles. The van der Waals surface area contributed by atoms with Gasteiger partial charge in [0, 0.05) is 25.6 Å². The highest BCUT2D eigenvalue weighted by Gasteiger charge is 2.44. The smallest absolute Gasteiger partial charge is 0.404 e. The molecule has 3 rings (SSSR count). The van der Waals surface area contributed by atoms with Crippen molar-refractivity contribution in [2.75, 3.05) is 13.1 Å². The number of rotatable bonds is 3. The molecule has 1 saturated heterocycles. The van der Waals surface area contributed by atoms with Crippen LogP contribution in [0.4, 0.5) is 4.79 Å². The molecule has 0 spiro atoms. The van der Waals surface area contributed by atoms with Crippen LogP contribution in [0.3, 0.4) is 0 Å². The third-order valence-corrected chi connectivity index (χ3v) is 4.38. The molecular weight excluding hydrogens is 240 g/mol. The number of nitrogens with zero attached hydrogens (tertiary/aromatic N) is 1. The number of fused-ring (bicyclic) bond motifs is 1. The minimum Gasteiger partial charge on any atom is -0.446 e. The Balaban J connectivity index is 1.60. The predicted molar refractivity (Wildman–Crippen MR) is 72.4 cm³/mol. The summed E-state index contributed by atoms with van der Waals surface area (Å²) >= 11 is 0. The number of hydrogen-bond acceptors (Lipinski definition) is 3. The molecule has 2 aliphatic rings. The predicted octanol–water partition coefficient (Wildman–Crippen LogP) is 1.99. The van der Waals surface area contributed by atoms with Crippen LogP contribution in [0.25, 0.3) is 0 Å². The Kier molecular flexibility index (Phi) is 3.42. The second kappa shape index (κ2) is 5.21. The first-order valence-corrected chi connectivity index (χ1v) is 6.95. The first kappa shape index (κ1) is 12.5. The molecule has 3 unspecified atom stereocenters. The molecular formula is C15H20N2O2. The zero-order valence-electron chi connectivity index (χ0n) is 11.0. The van der Waals surface area contributed by atoms with Crippen molar-refractivity contribution in [3.63, 3.8) is 0 Å². The fourth-order valence-corrected chi connectivity index (χ4v) is 3.57. The van der Waals surface area contributed by atoms with Crippen molar-refractivity contribution < 1.29 is 9.53 Å². The topological polar surface area (TPSA) is 55.6 Å². The number of hydrogen-bond donors (Lipinski definition) is 1. The van der Waals surface area contributed by atoms with Crippen molar-refractivity contribution in [1.82, 2.24) is 4.90 Å². The van der Waals surface area contributed by atoms with E-state index in [0.29, 0.717) is 11.8 Å². The van der Waals surface area contributed by atoms with Gasteiger partial charge in [0.05, 0.1) is 0 Å². The number of benzene rings is 1. The molecule has 2 fully saturated rings. The van der Waals surface area contributed by atoms with Crippen LogP contribution in [0.5, 0.6) is 0 Å². The molecule has 4 heteroatoms. The fraction of sp³-hybridized carbons (Fsp3) is 0.533. The van der Waals surface area contributed by atoms with Crippen molar-refractivity contribution >= 4 is 6.09 Å².